The fraction of sp³-hybridized carbons (Fsp3) is 0.250. The predicted molar refractivity (Wildman–Crippen MR) is 135 cm³/mol. The van der Waals surface area contributed by atoms with Crippen molar-refractivity contribution in [2.75, 3.05) is 20.3 Å². The van der Waals surface area contributed by atoms with Crippen molar-refractivity contribution in [3.8, 4) is 22.6 Å². The average molecular weight is 459 g/mol. The molecule has 0 aliphatic rings. The zero-order valence-electron chi connectivity index (χ0n) is 19.5. The van der Waals surface area contributed by atoms with Crippen LogP contribution in [0.4, 0.5) is 0 Å². The largest absolute Gasteiger partial charge is 0.497 e. The van der Waals surface area contributed by atoms with Crippen LogP contribution in [0.5, 0.6) is 11.5 Å². The molecule has 6 heteroatoms. The number of aliphatic hydroxyl groups is 1. The zero-order chi connectivity index (χ0) is 23.9. The first-order chi connectivity index (χ1) is 16.6. The van der Waals surface area contributed by atoms with Crippen LogP contribution >= 0.6 is 0 Å². The monoisotopic (exact) mass is 458 g/mol. The number of methoxy groups -OCH3 is 1. The van der Waals surface area contributed by atoms with Crippen LogP contribution in [-0.4, -0.2) is 42.4 Å². The summed E-state index contributed by atoms with van der Waals surface area (Å²) in [6, 6.07) is 20.8. The van der Waals surface area contributed by atoms with Gasteiger partial charge in [-0.2, -0.15) is 0 Å². The number of nitrogens with one attached hydrogen (secondary N) is 2. The lowest BCUT2D eigenvalue weighted by Gasteiger charge is -2.18. The maximum Gasteiger partial charge on any atom is 0.255 e. The first kappa shape index (κ1) is 23.4. The minimum absolute atomic E-state index is 0.175. The fourth-order valence-electron chi connectivity index (χ4n) is 4.02. The molecule has 3 N–H and O–H groups in total. The van der Waals surface area contributed by atoms with Gasteiger partial charge in [-0.1, -0.05) is 43.3 Å². The van der Waals surface area contributed by atoms with E-state index in [-0.39, 0.29) is 12.5 Å². The molecule has 0 radical (unpaired) electrons. The van der Waals surface area contributed by atoms with Crippen molar-refractivity contribution in [3.05, 3.63) is 84.1 Å². The molecular weight excluding hydrogens is 428 g/mol. The number of H-pyrrole nitrogens is 1. The third-order valence-electron chi connectivity index (χ3n) is 5.79. The highest BCUT2D eigenvalue weighted by atomic mass is 16.5. The molecule has 0 aliphatic carbocycles. The number of rotatable bonds is 10. The van der Waals surface area contributed by atoms with E-state index in [1.54, 1.807) is 7.11 Å². The minimum Gasteiger partial charge on any atom is -0.497 e. The number of aromatic amines is 1. The number of aliphatic hydroxyl groups excluding tert-OH is 1. The topological polar surface area (TPSA) is 83.6 Å². The van der Waals surface area contributed by atoms with Crippen molar-refractivity contribution in [2.24, 2.45) is 0 Å². The quantitative estimate of drug-likeness (QED) is 0.313. The van der Waals surface area contributed by atoms with Gasteiger partial charge in [0.15, 0.2) is 0 Å². The molecule has 4 aromatic rings. The van der Waals surface area contributed by atoms with Gasteiger partial charge in [0.2, 0.25) is 0 Å². The fourth-order valence-corrected chi connectivity index (χ4v) is 4.02. The van der Waals surface area contributed by atoms with Crippen molar-refractivity contribution < 1.29 is 19.4 Å². The molecule has 0 unspecified atom stereocenters. The van der Waals surface area contributed by atoms with Gasteiger partial charge in [0.05, 0.1) is 31.9 Å². The van der Waals surface area contributed by atoms with E-state index in [1.807, 2.05) is 79.9 Å². The van der Waals surface area contributed by atoms with Crippen LogP contribution in [0.1, 0.15) is 29.3 Å². The van der Waals surface area contributed by atoms with Crippen LogP contribution in [0.3, 0.4) is 0 Å². The van der Waals surface area contributed by atoms with Crippen molar-refractivity contribution in [1.82, 2.24) is 10.3 Å². The van der Waals surface area contributed by atoms with Crippen molar-refractivity contribution in [3.63, 3.8) is 0 Å². The summed E-state index contributed by atoms with van der Waals surface area (Å²) in [4.78, 5) is 16.6. The van der Waals surface area contributed by atoms with Gasteiger partial charge in [-0.25, -0.2) is 0 Å². The van der Waals surface area contributed by atoms with Crippen LogP contribution in [0.25, 0.3) is 22.0 Å². The number of carbonyl (C=O) groups excluding carboxylic acids is 1. The van der Waals surface area contributed by atoms with Gasteiger partial charge >= 0.3 is 0 Å². The lowest BCUT2D eigenvalue weighted by molar-refractivity contribution is 0.0912. The van der Waals surface area contributed by atoms with Crippen LogP contribution in [-0.2, 0) is 6.42 Å². The highest BCUT2D eigenvalue weighted by Gasteiger charge is 2.19. The molecule has 0 spiro atoms. The van der Waals surface area contributed by atoms with Crippen LogP contribution in [0, 0.1) is 0 Å². The number of benzene rings is 3. The molecule has 0 saturated carbocycles. The van der Waals surface area contributed by atoms with Crippen molar-refractivity contribution in [1.29, 1.82) is 0 Å². The van der Waals surface area contributed by atoms with E-state index in [4.69, 9.17) is 9.47 Å². The van der Waals surface area contributed by atoms with E-state index in [9.17, 15) is 9.90 Å². The van der Waals surface area contributed by atoms with E-state index in [0.717, 1.165) is 39.8 Å². The summed E-state index contributed by atoms with van der Waals surface area (Å²) in [7, 11) is 1.63. The molecule has 0 saturated heterocycles. The summed E-state index contributed by atoms with van der Waals surface area (Å²) in [5, 5.41) is 14.1. The van der Waals surface area contributed by atoms with Gasteiger partial charge in [-0.3, -0.25) is 4.79 Å². The Kier molecular flexibility index (Phi) is 7.50. The van der Waals surface area contributed by atoms with E-state index >= 15 is 0 Å². The molecule has 1 atom stereocenters. The number of ether oxygens (including phenoxy) is 2. The summed E-state index contributed by atoms with van der Waals surface area (Å²) < 4.78 is 11.2. The van der Waals surface area contributed by atoms with E-state index < -0.39 is 6.04 Å². The standard InChI is InChI=1S/C28H30N2O4/c1-3-13-34-27-12-11-20(19-7-6-8-23(15-19)33-2)16-25(27)28(32)30-22(18-31)14-21-17-29-26-10-5-4-9-24(21)26/h4-12,15-17,22,29,31H,3,13-14,18H2,1-2H3,(H,30,32)/t22-/m1/s1. The summed E-state index contributed by atoms with van der Waals surface area (Å²) in [5.74, 6) is 0.985. The van der Waals surface area contributed by atoms with Crippen LogP contribution < -0.4 is 14.8 Å². The third-order valence-corrected chi connectivity index (χ3v) is 5.79. The van der Waals surface area contributed by atoms with E-state index in [0.29, 0.717) is 24.3 Å². The molecule has 34 heavy (non-hydrogen) atoms. The maximum atomic E-state index is 13.4. The molecule has 0 aliphatic heterocycles. The lowest BCUT2D eigenvalue weighted by atomic mass is 10.0. The van der Waals surface area contributed by atoms with Gasteiger partial charge < -0.3 is 24.9 Å². The van der Waals surface area contributed by atoms with E-state index in [1.165, 1.54) is 0 Å². The molecule has 6 nitrogen and oxygen atoms in total. The SMILES string of the molecule is CCCOc1ccc(-c2cccc(OC)c2)cc1C(=O)N[C@@H](CO)Cc1c[nH]c2ccccc12. The molecule has 1 heterocycles. The second kappa shape index (κ2) is 10.9. The number of para-hydroxylation sites is 1. The number of carbonyl (C=O) groups is 1. The number of hydrogen-bond donors (Lipinski definition) is 3. The number of fused-ring (bicyclic) bond motifs is 1. The maximum absolute atomic E-state index is 13.4. The first-order valence-corrected chi connectivity index (χ1v) is 11.5. The van der Waals surface area contributed by atoms with Gasteiger partial charge in [-0.15, -0.1) is 0 Å². The van der Waals surface area contributed by atoms with Crippen LogP contribution in [0.15, 0.2) is 72.9 Å². The molecule has 1 amide bonds. The Bertz CT molecular complexity index is 1260. The second-order valence-corrected chi connectivity index (χ2v) is 8.21. The number of aromatic nitrogens is 1. The number of hydrogen-bond acceptors (Lipinski definition) is 4. The second-order valence-electron chi connectivity index (χ2n) is 8.21. The summed E-state index contributed by atoms with van der Waals surface area (Å²) in [5.41, 5.74) is 4.33. The van der Waals surface area contributed by atoms with Crippen molar-refractivity contribution in [2.45, 2.75) is 25.8 Å². The average Bonchev–Trinajstić information content (AvgIpc) is 3.29. The molecule has 4 rings (SSSR count). The van der Waals surface area contributed by atoms with Crippen molar-refractivity contribution >= 4 is 16.8 Å². The molecular formula is C28H30N2O4. The molecule has 1 aromatic heterocycles. The summed E-state index contributed by atoms with van der Waals surface area (Å²) in [6.07, 6.45) is 3.27. The van der Waals surface area contributed by atoms with Gasteiger partial charge in [0.1, 0.15) is 11.5 Å². The Morgan fingerprint density at radius 1 is 1.06 bits per heavy atom. The van der Waals surface area contributed by atoms with Gasteiger partial charge in [-0.05, 0) is 59.9 Å². The Morgan fingerprint density at radius 3 is 2.68 bits per heavy atom. The number of amides is 1. The Balaban J connectivity index is 1.60. The summed E-state index contributed by atoms with van der Waals surface area (Å²) in [6.45, 7) is 2.36. The lowest BCUT2D eigenvalue weighted by Crippen LogP contribution is -2.39. The Labute approximate surface area is 199 Å². The Morgan fingerprint density at radius 2 is 1.88 bits per heavy atom. The molecule has 0 bridgehead atoms. The Hall–Kier alpha value is -3.77. The zero-order valence-corrected chi connectivity index (χ0v) is 19.5. The highest BCUT2D eigenvalue weighted by molar-refractivity contribution is 5.98. The predicted octanol–water partition coefficient (Wildman–Crippen LogP) is 4.97. The van der Waals surface area contributed by atoms with Gasteiger partial charge in [0, 0.05) is 17.1 Å². The van der Waals surface area contributed by atoms with E-state index in [2.05, 4.69) is 10.3 Å². The normalized spacial score (nSPS) is 11.9. The molecule has 0 fully saturated rings. The smallest absolute Gasteiger partial charge is 0.255 e. The van der Waals surface area contributed by atoms with Gasteiger partial charge in [0.25, 0.3) is 5.91 Å². The minimum atomic E-state index is -0.439. The highest BCUT2D eigenvalue weighted by Crippen LogP contribution is 2.29. The molecule has 176 valence electrons. The molecule has 3 aromatic carbocycles. The van der Waals surface area contributed by atoms with Crippen LogP contribution in [0.2, 0.25) is 0 Å². The summed E-state index contributed by atoms with van der Waals surface area (Å²) >= 11 is 0. The first-order valence-electron chi connectivity index (χ1n) is 11.5. The third kappa shape index (κ3) is 5.24.